The first-order valence-corrected chi connectivity index (χ1v) is 4.76. The van der Waals surface area contributed by atoms with Crippen LogP contribution in [-0.4, -0.2) is 25.0 Å². The molecule has 2 unspecified atom stereocenters. The fourth-order valence-corrected chi connectivity index (χ4v) is 1.54. The zero-order valence-corrected chi connectivity index (χ0v) is 7.89. The summed E-state index contributed by atoms with van der Waals surface area (Å²) in [6, 6.07) is 0.0524. The minimum atomic E-state index is 0.0524. The number of hydrogen-bond donors (Lipinski definition) is 2. The van der Waals surface area contributed by atoms with Crippen LogP contribution < -0.4 is 10.6 Å². The SMILES string of the molecule is CCCNC(=O)C1NCCC1C. The summed E-state index contributed by atoms with van der Waals surface area (Å²) in [6.07, 6.45) is 2.12. The van der Waals surface area contributed by atoms with Gasteiger partial charge in [-0.25, -0.2) is 0 Å². The van der Waals surface area contributed by atoms with Gasteiger partial charge in [0.1, 0.15) is 0 Å². The molecule has 0 aromatic rings. The van der Waals surface area contributed by atoms with E-state index in [2.05, 4.69) is 24.5 Å². The Morgan fingerprint density at radius 2 is 2.42 bits per heavy atom. The molecule has 0 saturated carbocycles. The van der Waals surface area contributed by atoms with Crippen LogP contribution in [0.4, 0.5) is 0 Å². The summed E-state index contributed by atoms with van der Waals surface area (Å²) in [4.78, 5) is 11.4. The summed E-state index contributed by atoms with van der Waals surface area (Å²) in [6.45, 7) is 5.96. The van der Waals surface area contributed by atoms with Crippen LogP contribution in [0.3, 0.4) is 0 Å². The van der Waals surface area contributed by atoms with Gasteiger partial charge < -0.3 is 10.6 Å². The van der Waals surface area contributed by atoms with E-state index in [0.29, 0.717) is 5.92 Å². The van der Waals surface area contributed by atoms with Crippen molar-refractivity contribution in [2.75, 3.05) is 13.1 Å². The van der Waals surface area contributed by atoms with Crippen molar-refractivity contribution in [3.05, 3.63) is 0 Å². The van der Waals surface area contributed by atoms with E-state index in [1.54, 1.807) is 0 Å². The van der Waals surface area contributed by atoms with Crippen LogP contribution in [-0.2, 0) is 4.79 Å². The molecule has 1 saturated heterocycles. The lowest BCUT2D eigenvalue weighted by Gasteiger charge is -2.14. The molecule has 0 aromatic carbocycles. The first-order chi connectivity index (χ1) is 5.75. The Morgan fingerprint density at radius 3 is 2.92 bits per heavy atom. The summed E-state index contributed by atoms with van der Waals surface area (Å²) in [5.74, 6) is 0.656. The van der Waals surface area contributed by atoms with Crippen LogP contribution in [0.1, 0.15) is 26.7 Å². The second-order valence-corrected chi connectivity index (χ2v) is 3.49. The molecule has 1 fully saturated rings. The number of hydrogen-bond acceptors (Lipinski definition) is 2. The van der Waals surface area contributed by atoms with Crippen LogP contribution in [0.15, 0.2) is 0 Å². The van der Waals surface area contributed by atoms with Gasteiger partial charge in [0, 0.05) is 6.54 Å². The number of carbonyl (C=O) groups excluding carboxylic acids is 1. The minimum Gasteiger partial charge on any atom is -0.355 e. The van der Waals surface area contributed by atoms with Crippen molar-refractivity contribution < 1.29 is 4.79 Å². The van der Waals surface area contributed by atoms with E-state index >= 15 is 0 Å². The van der Waals surface area contributed by atoms with E-state index in [1.807, 2.05) is 0 Å². The van der Waals surface area contributed by atoms with Crippen molar-refractivity contribution in [3.8, 4) is 0 Å². The Morgan fingerprint density at radius 1 is 1.67 bits per heavy atom. The highest BCUT2D eigenvalue weighted by atomic mass is 16.2. The molecule has 2 atom stereocenters. The first-order valence-electron chi connectivity index (χ1n) is 4.76. The van der Waals surface area contributed by atoms with Gasteiger partial charge >= 0.3 is 0 Å². The fraction of sp³-hybridized carbons (Fsp3) is 0.889. The molecule has 12 heavy (non-hydrogen) atoms. The second kappa shape index (κ2) is 4.45. The monoisotopic (exact) mass is 170 g/mol. The van der Waals surface area contributed by atoms with E-state index in [-0.39, 0.29) is 11.9 Å². The number of amides is 1. The lowest BCUT2D eigenvalue weighted by atomic mass is 10.0. The Balaban J connectivity index is 2.30. The Hall–Kier alpha value is -0.570. The molecule has 3 nitrogen and oxygen atoms in total. The van der Waals surface area contributed by atoms with E-state index in [4.69, 9.17) is 0 Å². The first kappa shape index (κ1) is 9.52. The average Bonchev–Trinajstić information content (AvgIpc) is 2.47. The van der Waals surface area contributed by atoms with Crippen molar-refractivity contribution in [2.45, 2.75) is 32.7 Å². The molecular formula is C9H18N2O. The average molecular weight is 170 g/mol. The lowest BCUT2D eigenvalue weighted by molar-refractivity contribution is -0.123. The van der Waals surface area contributed by atoms with Gasteiger partial charge in [0.15, 0.2) is 0 Å². The lowest BCUT2D eigenvalue weighted by Crippen LogP contribution is -2.43. The maximum Gasteiger partial charge on any atom is 0.237 e. The highest BCUT2D eigenvalue weighted by Gasteiger charge is 2.28. The van der Waals surface area contributed by atoms with Gasteiger partial charge in [-0.05, 0) is 25.3 Å². The topological polar surface area (TPSA) is 41.1 Å². The van der Waals surface area contributed by atoms with Gasteiger partial charge in [0.05, 0.1) is 6.04 Å². The highest BCUT2D eigenvalue weighted by Crippen LogP contribution is 2.13. The van der Waals surface area contributed by atoms with Crippen molar-refractivity contribution in [1.29, 1.82) is 0 Å². The van der Waals surface area contributed by atoms with Gasteiger partial charge in [-0.3, -0.25) is 4.79 Å². The maximum absolute atomic E-state index is 11.4. The van der Waals surface area contributed by atoms with Crippen molar-refractivity contribution in [3.63, 3.8) is 0 Å². The predicted molar refractivity (Wildman–Crippen MR) is 48.9 cm³/mol. The largest absolute Gasteiger partial charge is 0.355 e. The van der Waals surface area contributed by atoms with Crippen molar-refractivity contribution in [1.82, 2.24) is 10.6 Å². The summed E-state index contributed by atoms with van der Waals surface area (Å²) in [5.41, 5.74) is 0. The normalized spacial score (nSPS) is 28.8. The van der Waals surface area contributed by atoms with E-state index in [9.17, 15) is 4.79 Å². The maximum atomic E-state index is 11.4. The van der Waals surface area contributed by atoms with Crippen LogP contribution in [0.5, 0.6) is 0 Å². The number of nitrogens with one attached hydrogen (secondary N) is 2. The van der Waals surface area contributed by atoms with Crippen LogP contribution in [0, 0.1) is 5.92 Å². The standard InChI is InChI=1S/C9H18N2O/c1-3-5-11-9(12)8-7(2)4-6-10-8/h7-8,10H,3-6H2,1-2H3,(H,11,12). The molecule has 0 bridgehead atoms. The summed E-state index contributed by atoms with van der Waals surface area (Å²) in [7, 11) is 0. The van der Waals surface area contributed by atoms with Gasteiger partial charge in [0.25, 0.3) is 0 Å². The molecular weight excluding hydrogens is 152 g/mol. The molecule has 0 spiro atoms. The molecule has 0 aliphatic carbocycles. The second-order valence-electron chi connectivity index (χ2n) is 3.49. The number of carbonyl (C=O) groups is 1. The summed E-state index contributed by atoms with van der Waals surface area (Å²) in [5, 5.41) is 6.11. The zero-order valence-electron chi connectivity index (χ0n) is 7.89. The molecule has 3 heteroatoms. The third kappa shape index (κ3) is 2.21. The van der Waals surface area contributed by atoms with Gasteiger partial charge in [-0.2, -0.15) is 0 Å². The Kier molecular flexibility index (Phi) is 3.53. The van der Waals surface area contributed by atoms with Crippen LogP contribution >= 0.6 is 0 Å². The van der Waals surface area contributed by atoms with E-state index in [1.165, 1.54) is 0 Å². The quantitative estimate of drug-likeness (QED) is 0.648. The fourth-order valence-electron chi connectivity index (χ4n) is 1.54. The van der Waals surface area contributed by atoms with E-state index in [0.717, 1.165) is 25.9 Å². The molecule has 1 rings (SSSR count). The zero-order chi connectivity index (χ0) is 8.97. The number of rotatable bonds is 3. The third-order valence-electron chi connectivity index (χ3n) is 2.36. The molecule has 1 heterocycles. The van der Waals surface area contributed by atoms with Gasteiger partial charge in [-0.15, -0.1) is 0 Å². The van der Waals surface area contributed by atoms with E-state index < -0.39 is 0 Å². The van der Waals surface area contributed by atoms with Gasteiger partial charge in [0.2, 0.25) is 5.91 Å². The molecule has 70 valence electrons. The highest BCUT2D eigenvalue weighted by molar-refractivity contribution is 5.82. The van der Waals surface area contributed by atoms with Crippen LogP contribution in [0.2, 0.25) is 0 Å². The third-order valence-corrected chi connectivity index (χ3v) is 2.36. The molecule has 1 aliphatic rings. The molecule has 1 aliphatic heterocycles. The van der Waals surface area contributed by atoms with Crippen molar-refractivity contribution in [2.24, 2.45) is 5.92 Å². The minimum absolute atomic E-state index is 0.0524. The molecule has 0 radical (unpaired) electrons. The smallest absolute Gasteiger partial charge is 0.237 e. The molecule has 0 aromatic heterocycles. The predicted octanol–water partition coefficient (Wildman–Crippen LogP) is 0.511. The molecule has 2 N–H and O–H groups in total. The summed E-state index contributed by atoms with van der Waals surface area (Å²) >= 11 is 0. The summed E-state index contributed by atoms with van der Waals surface area (Å²) < 4.78 is 0. The van der Waals surface area contributed by atoms with Crippen molar-refractivity contribution >= 4 is 5.91 Å². The van der Waals surface area contributed by atoms with Gasteiger partial charge in [-0.1, -0.05) is 13.8 Å². The Bertz CT molecular complexity index is 159. The van der Waals surface area contributed by atoms with Crippen LogP contribution in [0.25, 0.3) is 0 Å². The Labute approximate surface area is 73.9 Å². The molecule has 1 amide bonds.